The van der Waals surface area contributed by atoms with Gasteiger partial charge in [-0.1, -0.05) is 39.7 Å². The van der Waals surface area contributed by atoms with Gasteiger partial charge in [0.15, 0.2) is 0 Å². The third kappa shape index (κ3) is 3.56. The van der Waals surface area contributed by atoms with Crippen LogP contribution >= 0.6 is 27.5 Å². The minimum absolute atomic E-state index is 0.154. The summed E-state index contributed by atoms with van der Waals surface area (Å²) in [5.41, 5.74) is 2.11. The summed E-state index contributed by atoms with van der Waals surface area (Å²) in [4.78, 5) is 0. The molecule has 2 aromatic rings. The Bertz CT molecular complexity index is 560. The largest absolute Gasteiger partial charge is 0.388 e. The Morgan fingerprint density at radius 2 is 2.05 bits per heavy atom. The van der Waals surface area contributed by atoms with Crippen molar-refractivity contribution in [1.82, 2.24) is 0 Å². The van der Waals surface area contributed by atoms with Crippen LogP contribution in [-0.4, -0.2) is 5.11 Å². The van der Waals surface area contributed by atoms with Crippen molar-refractivity contribution in [3.05, 3.63) is 68.4 Å². The number of aryl methyl sites for hydroxylation is 1. The van der Waals surface area contributed by atoms with Gasteiger partial charge in [-0.05, 0) is 42.3 Å². The summed E-state index contributed by atoms with van der Waals surface area (Å²) in [6, 6.07) is 10.2. The molecule has 2 aromatic carbocycles. The van der Waals surface area contributed by atoms with Gasteiger partial charge in [0.05, 0.1) is 6.10 Å². The highest BCUT2D eigenvalue weighted by Crippen LogP contribution is 2.27. The highest BCUT2D eigenvalue weighted by molar-refractivity contribution is 9.10. The lowest BCUT2D eigenvalue weighted by molar-refractivity contribution is 0.177. The normalized spacial score (nSPS) is 12.5. The third-order valence-electron chi connectivity index (χ3n) is 2.91. The minimum Gasteiger partial charge on any atom is -0.388 e. The molecular formula is C15H13BrClFO. The molecule has 0 aliphatic carbocycles. The van der Waals surface area contributed by atoms with Gasteiger partial charge in [-0.2, -0.15) is 0 Å². The van der Waals surface area contributed by atoms with E-state index in [9.17, 15) is 9.50 Å². The fraction of sp³-hybridized carbons (Fsp3) is 0.200. The van der Waals surface area contributed by atoms with Crippen LogP contribution in [0.2, 0.25) is 5.02 Å². The van der Waals surface area contributed by atoms with Crippen LogP contribution in [0, 0.1) is 12.7 Å². The fourth-order valence-electron chi connectivity index (χ4n) is 2.00. The van der Waals surface area contributed by atoms with E-state index in [4.69, 9.17) is 11.6 Å². The summed E-state index contributed by atoms with van der Waals surface area (Å²) in [6.45, 7) is 1.94. The molecule has 0 spiro atoms. The van der Waals surface area contributed by atoms with Crippen LogP contribution < -0.4 is 0 Å². The second-order valence-corrected chi connectivity index (χ2v) is 5.80. The molecule has 0 bridgehead atoms. The van der Waals surface area contributed by atoms with Gasteiger partial charge in [-0.25, -0.2) is 4.39 Å². The van der Waals surface area contributed by atoms with Crippen LogP contribution in [0.3, 0.4) is 0 Å². The summed E-state index contributed by atoms with van der Waals surface area (Å²) >= 11 is 9.35. The maximum absolute atomic E-state index is 13.7. The van der Waals surface area contributed by atoms with Crippen molar-refractivity contribution in [2.75, 3.05) is 0 Å². The molecular weight excluding hydrogens is 331 g/mol. The van der Waals surface area contributed by atoms with Crippen molar-refractivity contribution in [3.8, 4) is 0 Å². The summed E-state index contributed by atoms with van der Waals surface area (Å²) in [5.74, 6) is -0.390. The van der Waals surface area contributed by atoms with Crippen molar-refractivity contribution >= 4 is 27.5 Å². The van der Waals surface area contributed by atoms with Crippen molar-refractivity contribution in [2.24, 2.45) is 0 Å². The molecule has 19 heavy (non-hydrogen) atoms. The maximum Gasteiger partial charge on any atom is 0.127 e. The molecule has 0 radical (unpaired) electrons. The first kappa shape index (κ1) is 14.5. The predicted octanol–water partition coefficient (Wildman–Crippen LogP) is 4.83. The first-order valence-electron chi connectivity index (χ1n) is 5.85. The number of aliphatic hydroxyl groups excluding tert-OH is 1. The highest BCUT2D eigenvalue weighted by atomic mass is 79.9. The first-order chi connectivity index (χ1) is 8.97. The number of hydrogen-bond acceptors (Lipinski definition) is 1. The minimum atomic E-state index is -0.786. The average Bonchev–Trinajstić information content (AvgIpc) is 2.32. The van der Waals surface area contributed by atoms with Crippen molar-refractivity contribution in [1.29, 1.82) is 0 Å². The summed E-state index contributed by atoms with van der Waals surface area (Å²) < 4.78 is 14.6. The van der Waals surface area contributed by atoms with Crippen LogP contribution in [-0.2, 0) is 6.42 Å². The Balaban J connectivity index is 2.28. The second-order valence-electron chi connectivity index (χ2n) is 4.48. The van der Waals surface area contributed by atoms with Gasteiger partial charge < -0.3 is 5.11 Å². The van der Waals surface area contributed by atoms with E-state index in [0.717, 1.165) is 15.6 Å². The number of benzene rings is 2. The maximum atomic E-state index is 13.7. The quantitative estimate of drug-likeness (QED) is 0.846. The van der Waals surface area contributed by atoms with Crippen LogP contribution in [0.25, 0.3) is 0 Å². The van der Waals surface area contributed by atoms with E-state index in [1.54, 1.807) is 12.1 Å². The summed E-state index contributed by atoms with van der Waals surface area (Å²) in [7, 11) is 0. The highest BCUT2D eigenvalue weighted by Gasteiger charge is 2.15. The molecule has 0 aliphatic heterocycles. The molecule has 0 saturated heterocycles. The zero-order valence-corrected chi connectivity index (χ0v) is 12.7. The van der Waals surface area contributed by atoms with Crippen LogP contribution in [0.1, 0.15) is 22.8 Å². The van der Waals surface area contributed by atoms with E-state index in [2.05, 4.69) is 15.9 Å². The molecule has 0 heterocycles. The van der Waals surface area contributed by atoms with Crippen LogP contribution in [0.5, 0.6) is 0 Å². The molecule has 0 saturated carbocycles. The average molecular weight is 344 g/mol. The Hall–Kier alpha value is -0.900. The predicted molar refractivity (Wildman–Crippen MR) is 79.0 cm³/mol. The molecule has 2 rings (SSSR count). The Kier molecular flexibility index (Phi) is 4.61. The first-order valence-corrected chi connectivity index (χ1v) is 7.02. The Labute approximate surface area is 125 Å². The SMILES string of the molecule is Cc1cc(Br)cc(C(O)Cc2c(F)cccc2Cl)c1. The molecule has 1 N–H and O–H groups in total. The Morgan fingerprint density at radius 1 is 1.32 bits per heavy atom. The molecule has 0 aliphatic rings. The molecule has 0 fully saturated rings. The van der Waals surface area contributed by atoms with Crippen LogP contribution in [0.4, 0.5) is 4.39 Å². The monoisotopic (exact) mass is 342 g/mol. The number of rotatable bonds is 3. The van der Waals surface area contributed by atoms with Crippen LogP contribution in [0.15, 0.2) is 40.9 Å². The molecule has 0 amide bonds. The molecule has 1 atom stereocenters. The van der Waals surface area contributed by atoms with Crippen molar-refractivity contribution in [2.45, 2.75) is 19.4 Å². The standard InChI is InChI=1S/C15H13BrClFO/c1-9-5-10(7-11(16)6-9)15(19)8-12-13(17)3-2-4-14(12)18/h2-7,15,19H,8H2,1H3. The van der Waals surface area contributed by atoms with E-state index in [1.165, 1.54) is 6.07 Å². The summed E-state index contributed by atoms with van der Waals surface area (Å²) in [6.07, 6.45) is -0.632. The third-order valence-corrected chi connectivity index (χ3v) is 3.72. The molecule has 1 nitrogen and oxygen atoms in total. The lowest BCUT2D eigenvalue weighted by atomic mass is 10.00. The van der Waals surface area contributed by atoms with Gasteiger partial charge in [0.2, 0.25) is 0 Å². The number of halogens is 3. The molecule has 4 heteroatoms. The van der Waals surface area contributed by atoms with Gasteiger partial charge >= 0.3 is 0 Å². The molecule has 100 valence electrons. The smallest absolute Gasteiger partial charge is 0.127 e. The number of hydrogen-bond donors (Lipinski definition) is 1. The van der Waals surface area contributed by atoms with Gasteiger partial charge in [-0.3, -0.25) is 0 Å². The van der Waals surface area contributed by atoms with E-state index in [0.29, 0.717) is 10.6 Å². The van der Waals surface area contributed by atoms with Gasteiger partial charge in [-0.15, -0.1) is 0 Å². The summed E-state index contributed by atoms with van der Waals surface area (Å²) in [5, 5.41) is 10.6. The zero-order chi connectivity index (χ0) is 14.0. The Morgan fingerprint density at radius 3 is 2.68 bits per heavy atom. The second kappa shape index (κ2) is 6.04. The van der Waals surface area contributed by atoms with E-state index in [-0.39, 0.29) is 6.42 Å². The fourth-order valence-corrected chi connectivity index (χ4v) is 2.86. The van der Waals surface area contributed by atoms with Crippen molar-refractivity contribution < 1.29 is 9.50 Å². The van der Waals surface area contributed by atoms with Gasteiger partial charge in [0.25, 0.3) is 0 Å². The van der Waals surface area contributed by atoms with Gasteiger partial charge in [0, 0.05) is 21.5 Å². The van der Waals surface area contributed by atoms with Crippen molar-refractivity contribution in [3.63, 3.8) is 0 Å². The van der Waals surface area contributed by atoms with E-state index >= 15 is 0 Å². The lowest BCUT2D eigenvalue weighted by Gasteiger charge is -2.14. The van der Waals surface area contributed by atoms with E-state index < -0.39 is 11.9 Å². The molecule has 1 unspecified atom stereocenters. The zero-order valence-electron chi connectivity index (χ0n) is 10.3. The molecule has 0 aromatic heterocycles. The van der Waals surface area contributed by atoms with Gasteiger partial charge in [0.1, 0.15) is 5.82 Å². The number of aliphatic hydroxyl groups is 1. The topological polar surface area (TPSA) is 20.2 Å². The van der Waals surface area contributed by atoms with E-state index in [1.807, 2.05) is 25.1 Å². The lowest BCUT2D eigenvalue weighted by Crippen LogP contribution is -2.04.